The molecule has 2 saturated heterocycles. The van der Waals surface area contributed by atoms with Crippen molar-refractivity contribution in [2.75, 3.05) is 38.6 Å². The van der Waals surface area contributed by atoms with Gasteiger partial charge in [0, 0.05) is 73.0 Å². The number of carbonyl (C=O) groups excluding carboxylic acids is 3. The number of urea groups is 1. The van der Waals surface area contributed by atoms with Crippen LogP contribution >= 0.6 is 11.3 Å². The van der Waals surface area contributed by atoms with Gasteiger partial charge in [0.2, 0.25) is 11.8 Å². The Labute approximate surface area is 397 Å². The number of thiazole rings is 1. The average molecular weight is 966 g/mol. The number of aromatic nitrogens is 2. The number of methoxy groups -OCH3 is 1. The van der Waals surface area contributed by atoms with E-state index in [0.717, 1.165) is 18.0 Å². The number of anilines is 1. The summed E-state index contributed by atoms with van der Waals surface area (Å²) in [5.74, 6) is -1.66. The molecule has 7 rings (SSSR count). The number of aliphatic carboxylic acids is 1. The second-order valence-corrected chi connectivity index (χ2v) is 22.6. The summed E-state index contributed by atoms with van der Waals surface area (Å²) < 4.78 is 42.5. The van der Waals surface area contributed by atoms with Gasteiger partial charge in [0.25, 0.3) is 10.2 Å². The minimum absolute atomic E-state index is 0.0327. The van der Waals surface area contributed by atoms with Gasteiger partial charge in [-0.25, -0.2) is 19.6 Å². The lowest BCUT2D eigenvalue weighted by atomic mass is 9.86. The molecular weight excluding hydrogens is 899 g/mol. The molecule has 6 atom stereocenters. The Hall–Kier alpha value is -5.05. The Bertz CT molecular complexity index is 2460. The Kier molecular flexibility index (Phi) is 15.1. The fraction of sp³-hybridized carbons (Fsp3) is 0.617. The lowest BCUT2D eigenvalue weighted by Crippen LogP contribution is -2.61. The van der Waals surface area contributed by atoms with Gasteiger partial charge in [0.05, 0.1) is 24.9 Å². The Morgan fingerprint density at radius 3 is 2.52 bits per heavy atom. The molecule has 4 amide bonds. The number of benzene rings is 1. The fourth-order valence-electron chi connectivity index (χ4n) is 9.15. The first-order chi connectivity index (χ1) is 31.7. The van der Waals surface area contributed by atoms with E-state index in [-0.39, 0.29) is 44.4 Å². The largest absolute Gasteiger partial charge is 0.497 e. The number of hydrogen-bond donors (Lipinski definition) is 5. The molecule has 2 aromatic heterocycles. The van der Waals surface area contributed by atoms with Gasteiger partial charge in [-0.05, 0) is 77.3 Å². The first-order valence-electron chi connectivity index (χ1n) is 23.4. The van der Waals surface area contributed by atoms with Crippen LogP contribution in [0.3, 0.4) is 0 Å². The van der Waals surface area contributed by atoms with Crippen LogP contribution in [-0.2, 0) is 24.6 Å². The summed E-state index contributed by atoms with van der Waals surface area (Å²) in [6.45, 7) is 14.2. The van der Waals surface area contributed by atoms with Crippen molar-refractivity contribution in [2.45, 2.75) is 142 Å². The monoisotopic (exact) mass is 965 g/mol. The zero-order chi connectivity index (χ0) is 48.4. The van der Waals surface area contributed by atoms with Crippen LogP contribution in [0.1, 0.15) is 99.8 Å². The topological polar surface area (TPSA) is 225 Å². The number of nitrogens with zero attached hydrogens (tertiary/aromatic N) is 5. The summed E-state index contributed by atoms with van der Waals surface area (Å²) in [4.78, 5) is 67.5. The minimum atomic E-state index is -3.78. The van der Waals surface area contributed by atoms with Crippen molar-refractivity contribution in [3.8, 4) is 22.9 Å². The van der Waals surface area contributed by atoms with E-state index in [2.05, 4.69) is 21.3 Å². The normalized spacial score (nSPS) is 25.7. The molecule has 0 bridgehead atoms. The highest BCUT2D eigenvalue weighted by Crippen LogP contribution is 2.46. The molecule has 0 radical (unpaired) electrons. The van der Waals surface area contributed by atoms with Gasteiger partial charge in [-0.2, -0.15) is 17.0 Å². The molecule has 4 aliphatic rings. The summed E-state index contributed by atoms with van der Waals surface area (Å²) in [5, 5.41) is 25.8. The van der Waals surface area contributed by atoms with Crippen LogP contribution in [-0.4, -0.2) is 136 Å². The van der Waals surface area contributed by atoms with Crippen LogP contribution in [0.25, 0.3) is 22.3 Å². The van der Waals surface area contributed by atoms with E-state index in [9.17, 15) is 27.9 Å². The average Bonchev–Trinajstić information content (AvgIpc) is 3.51. The zero-order valence-electron chi connectivity index (χ0n) is 39.8. The predicted octanol–water partition coefficient (Wildman–Crippen LogP) is 5.76. The van der Waals surface area contributed by atoms with E-state index in [1.54, 1.807) is 25.3 Å². The number of carbonyl (C=O) groups is 4. The smallest absolute Gasteiger partial charge is 0.330 e. The van der Waals surface area contributed by atoms with Gasteiger partial charge in [0.15, 0.2) is 5.13 Å². The van der Waals surface area contributed by atoms with Crippen molar-refractivity contribution in [2.24, 2.45) is 11.3 Å². The number of amides is 4. The first-order valence-corrected chi connectivity index (χ1v) is 25.7. The van der Waals surface area contributed by atoms with Gasteiger partial charge in [-0.3, -0.25) is 9.59 Å². The highest BCUT2D eigenvalue weighted by atomic mass is 32.2. The second-order valence-electron chi connectivity index (χ2n) is 19.9. The summed E-state index contributed by atoms with van der Waals surface area (Å²) in [7, 11) is -2.21. The van der Waals surface area contributed by atoms with E-state index in [0.29, 0.717) is 66.1 Å². The molecule has 5 N–H and O–H groups in total. The Morgan fingerprint density at radius 2 is 1.82 bits per heavy atom. The molecule has 3 aliphatic heterocycles. The summed E-state index contributed by atoms with van der Waals surface area (Å²) in [6, 6.07) is 3.66. The lowest BCUT2D eigenvalue weighted by molar-refractivity contribution is -0.145. The Balaban J connectivity index is 1.18. The molecular formula is C47H67N9O9S2. The number of carboxylic acids is 1. The van der Waals surface area contributed by atoms with Crippen LogP contribution in [0, 0.1) is 11.3 Å². The van der Waals surface area contributed by atoms with Crippen molar-refractivity contribution in [1.82, 2.24) is 39.4 Å². The van der Waals surface area contributed by atoms with Gasteiger partial charge in [-0.15, -0.1) is 11.3 Å². The molecule has 18 nitrogen and oxygen atoms in total. The first kappa shape index (κ1) is 49.8. The number of rotatable bonds is 12. The molecule has 1 aliphatic carbocycles. The number of nitrogens with one attached hydrogen (secondary N) is 4. The number of pyridine rings is 1. The molecule has 1 saturated carbocycles. The van der Waals surface area contributed by atoms with Gasteiger partial charge >= 0.3 is 12.0 Å². The third-order valence-electron chi connectivity index (χ3n) is 13.1. The van der Waals surface area contributed by atoms with Gasteiger partial charge < -0.3 is 40.7 Å². The standard InChI is InChI=1S/C47H67N9O9S2/c1-28(2)48-45-51-37(27-66-45)36-23-39(33-18-17-31(64-8)21-35(33)49-36)65-32-22-38-41(57)53-47(43(59)60)24-30(47)15-12-10-9-11-13-16-34(42(58)55(38)25-32)50-44(61)52-40(46(5,6)7)26-54-19-14-20-56(29(3)4)67(54,62)63/h12,15,17-18,21,23,27-30,32,34,38,40H,9-11,13-14,16,19-20,22,24-26H2,1-8H3,(H,48,51)(H,53,57)(H,59,60)(H2,50,52,61)/t30?,32-,34+,38+,40-,47-/m1/s1. The number of ether oxygens (including phenoxy) is 2. The molecule has 0 spiro atoms. The van der Waals surface area contributed by atoms with Crippen LogP contribution in [0.15, 0.2) is 41.8 Å². The number of hydrogen-bond acceptors (Lipinski definition) is 12. The molecule has 1 unspecified atom stereocenters. The van der Waals surface area contributed by atoms with Crippen LogP contribution in [0.4, 0.5) is 9.93 Å². The maximum atomic E-state index is 15.0. The number of fused-ring (bicyclic) bond motifs is 3. The van der Waals surface area contributed by atoms with Crippen molar-refractivity contribution in [3.05, 3.63) is 41.8 Å². The van der Waals surface area contributed by atoms with Crippen molar-refractivity contribution in [1.29, 1.82) is 0 Å². The molecule has 1 aromatic carbocycles. The van der Waals surface area contributed by atoms with E-state index in [1.807, 2.05) is 72.1 Å². The third-order valence-corrected chi connectivity index (χ3v) is 16.1. The van der Waals surface area contributed by atoms with Gasteiger partial charge in [0.1, 0.15) is 40.9 Å². The molecule has 3 aromatic rings. The second kappa shape index (κ2) is 20.3. The van der Waals surface area contributed by atoms with E-state index in [4.69, 9.17) is 19.4 Å². The van der Waals surface area contributed by atoms with Crippen molar-refractivity contribution in [3.63, 3.8) is 0 Å². The number of allylic oxidation sites excluding steroid dienone is 1. The molecule has 5 heterocycles. The Morgan fingerprint density at radius 1 is 1.04 bits per heavy atom. The molecule has 3 fully saturated rings. The summed E-state index contributed by atoms with van der Waals surface area (Å²) in [6.07, 6.45) is 7.02. The third kappa shape index (κ3) is 11.3. The molecule has 67 heavy (non-hydrogen) atoms. The predicted molar refractivity (Wildman–Crippen MR) is 257 cm³/mol. The van der Waals surface area contributed by atoms with E-state index < -0.39 is 75.1 Å². The quantitative estimate of drug-likeness (QED) is 0.137. The maximum absolute atomic E-state index is 15.0. The highest BCUT2D eigenvalue weighted by molar-refractivity contribution is 7.86. The van der Waals surface area contributed by atoms with Crippen LogP contribution < -0.4 is 30.7 Å². The fourth-order valence-corrected chi connectivity index (χ4v) is 11.9. The summed E-state index contributed by atoms with van der Waals surface area (Å²) >= 11 is 1.45. The lowest BCUT2D eigenvalue weighted by Gasteiger charge is -2.41. The van der Waals surface area contributed by atoms with E-state index in [1.165, 1.54) is 24.8 Å². The minimum Gasteiger partial charge on any atom is -0.497 e. The van der Waals surface area contributed by atoms with Crippen molar-refractivity contribution < 1.29 is 42.2 Å². The SMILES string of the molecule is COc1ccc2c(O[C@@H]3C[C@H]4C(=O)N[C@]5(C(=O)O)CC5C=CCCCCC[C@H](NC(=O)N[C@H](CN5CCCN(C(C)C)S5(=O)=O)C(C)(C)C)C(=O)N4C3)cc(-c3csc(NC(C)C)n3)nc2c1. The van der Waals surface area contributed by atoms with Crippen molar-refractivity contribution >= 4 is 61.4 Å². The van der Waals surface area contributed by atoms with Gasteiger partial charge in [-0.1, -0.05) is 45.8 Å². The highest BCUT2D eigenvalue weighted by Gasteiger charge is 2.61. The maximum Gasteiger partial charge on any atom is 0.330 e. The number of carboxylic acid groups (broad SMARTS) is 1. The molecule has 366 valence electrons. The zero-order valence-corrected chi connectivity index (χ0v) is 41.5. The van der Waals surface area contributed by atoms with Crippen LogP contribution in [0.5, 0.6) is 11.5 Å². The van der Waals surface area contributed by atoms with E-state index >= 15 is 4.79 Å². The molecule has 20 heteroatoms. The van der Waals surface area contributed by atoms with Crippen LogP contribution in [0.2, 0.25) is 0 Å². The summed E-state index contributed by atoms with van der Waals surface area (Å²) in [5.41, 5.74) is -0.346.